The Morgan fingerprint density at radius 3 is 2.75 bits per heavy atom. The van der Waals surface area contributed by atoms with Crippen LogP contribution in [0.15, 0.2) is 36.5 Å². The first-order valence-corrected chi connectivity index (χ1v) is 5.48. The van der Waals surface area contributed by atoms with Gasteiger partial charge in [-0.05, 0) is 6.07 Å². The van der Waals surface area contributed by atoms with Crippen molar-refractivity contribution in [3.63, 3.8) is 0 Å². The van der Waals surface area contributed by atoms with Crippen molar-refractivity contribution in [2.75, 3.05) is 0 Å². The molecule has 1 aromatic heterocycles. The lowest BCUT2D eigenvalue weighted by Crippen LogP contribution is -2.46. The van der Waals surface area contributed by atoms with Gasteiger partial charge in [0.1, 0.15) is 5.67 Å². The fourth-order valence-electron chi connectivity index (χ4n) is 2.46. The zero-order chi connectivity index (χ0) is 11.2. The zero-order valence-electron chi connectivity index (χ0n) is 8.86. The molecular weight excluding hydrogens is 203 g/mol. The maximum atomic E-state index is 14.5. The molecular formula is C13H13FN2. The predicted octanol–water partition coefficient (Wildman–Crippen LogP) is 2.52. The second-order valence-electron chi connectivity index (χ2n) is 4.51. The molecule has 3 heteroatoms. The minimum Gasteiger partial charge on any atom is -0.327 e. The van der Waals surface area contributed by atoms with Crippen molar-refractivity contribution < 1.29 is 4.39 Å². The first kappa shape index (κ1) is 9.73. The van der Waals surface area contributed by atoms with Crippen LogP contribution in [-0.4, -0.2) is 11.0 Å². The number of hydrogen-bond acceptors (Lipinski definition) is 2. The molecule has 0 bridgehead atoms. The maximum absolute atomic E-state index is 14.5. The zero-order valence-corrected chi connectivity index (χ0v) is 8.86. The highest BCUT2D eigenvalue weighted by molar-refractivity contribution is 5.82. The molecule has 0 spiro atoms. The molecule has 1 fully saturated rings. The summed E-state index contributed by atoms with van der Waals surface area (Å²) >= 11 is 0. The lowest BCUT2D eigenvalue weighted by molar-refractivity contribution is 0.0419. The van der Waals surface area contributed by atoms with Gasteiger partial charge in [0.25, 0.3) is 0 Å². The van der Waals surface area contributed by atoms with Crippen molar-refractivity contribution in [1.29, 1.82) is 0 Å². The lowest BCUT2D eigenvalue weighted by Gasteiger charge is -2.39. The largest absolute Gasteiger partial charge is 0.327 e. The van der Waals surface area contributed by atoms with Gasteiger partial charge in [-0.15, -0.1) is 0 Å². The second kappa shape index (κ2) is 3.25. The number of aromatic nitrogens is 1. The number of halogens is 1. The van der Waals surface area contributed by atoms with Gasteiger partial charge >= 0.3 is 0 Å². The van der Waals surface area contributed by atoms with E-state index in [2.05, 4.69) is 4.98 Å². The summed E-state index contributed by atoms with van der Waals surface area (Å²) in [6, 6.07) is 9.46. The van der Waals surface area contributed by atoms with E-state index in [4.69, 9.17) is 5.73 Å². The summed E-state index contributed by atoms with van der Waals surface area (Å²) < 4.78 is 14.5. The van der Waals surface area contributed by atoms with E-state index in [-0.39, 0.29) is 6.04 Å². The van der Waals surface area contributed by atoms with Gasteiger partial charge in [-0.2, -0.15) is 0 Å². The second-order valence-corrected chi connectivity index (χ2v) is 4.51. The smallest absolute Gasteiger partial charge is 0.141 e. The van der Waals surface area contributed by atoms with Crippen LogP contribution in [-0.2, 0) is 5.67 Å². The summed E-state index contributed by atoms with van der Waals surface area (Å²) in [5, 5.41) is 0.984. The molecule has 0 unspecified atom stereocenters. The number of nitrogens with zero attached hydrogens (tertiary/aromatic N) is 1. The Balaban J connectivity index is 2.17. The summed E-state index contributed by atoms with van der Waals surface area (Å²) in [4.78, 5) is 4.27. The van der Waals surface area contributed by atoms with E-state index in [0.717, 1.165) is 10.9 Å². The fourth-order valence-corrected chi connectivity index (χ4v) is 2.46. The number of fused-ring (bicyclic) bond motifs is 1. The SMILES string of the molecule is NC1CC(F)(c2cccc3cccnc23)C1. The van der Waals surface area contributed by atoms with E-state index in [9.17, 15) is 4.39 Å². The highest BCUT2D eigenvalue weighted by Crippen LogP contribution is 2.46. The minimum absolute atomic E-state index is 0.0102. The summed E-state index contributed by atoms with van der Waals surface area (Å²) in [5.74, 6) is 0. The quantitative estimate of drug-likeness (QED) is 0.795. The molecule has 16 heavy (non-hydrogen) atoms. The summed E-state index contributed by atoms with van der Waals surface area (Å²) in [5.41, 5.74) is 5.86. The monoisotopic (exact) mass is 216 g/mol. The van der Waals surface area contributed by atoms with Crippen molar-refractivity contribution in [3.05, 3.63) is 42.1 Å². The third-order valence-corrected chi connectivity index (χ3v) is 3.29. The Morgan fingerprint density at radius 1 is 1.25 bits per heavy atom. The Hall–Kier alpha value is -1.48. The molecule has 3 rings (SSSR count). The number of para-hydroxylation sites is 1. The van der Waals surface area contributed by atoms with E-state index in [1.165, 1.54) is 0 Å². The molecule has 0 radical (unpaired) electrons. The minimum atomic E-state index is -1.27. The fraction of sp³-hybridized carbons (Fsp3) is 0.308. The third-order valence-electron chi connectivity index (χ3n) is 3.29. The van der Waals surface area contributed by atoms with Crippen molar-refractivity contribution in [3.8, 4) is 0 Å². The number of rotatable bonds is 1. The molecule has 1 aromatic carbocycles. The van der Waals surface area contributed by atoms with Crippen molar-refractivity contribution >= 4 is 10.9 Å². The van der Waals surface area contributed by atoms with Crippen molar-refractivity contribution in [1.82, 2.24) is 4.98 Å². The number of hydrogen-bond donors (Lipinski definition) is 1. The van der Waals surface area contributed by atoms with Crippen LogP contribution in [0.2, 0.25) is 0 Å². The van der Waals surface area contributed by atoms with Crippen LogP contribution >= 0.6 is 0 Å². The standard InChI is InChI=1S/C13H13FN2/c14-13(7-10(15)8-13)11-5-1-3-9-4-2-6-16-12(9)11/h1-6,10H,7-8,15H2. The lowest BCUT2D eigenvalue weighted by atomic mass is 9.73. The Labute approximate surface area is 93.3 Å². The average molecular weight is 216 g/mol. The first-order valence-electron chi connectivity index (χ1n) is 5.48. The summed E-state index contributed by atoms with van der Waals surface area (Å²) in [7, 11) is 0. The third kappa shape index (κ3) is 1.32. The number of benzene rings is 1. The summed E-state index contributed by atoms with van der Waals surface area (Å²) in [6.07, 6.45) is 2.51. The highest BCUT2D eigenvalue weighted by atomic mass is 19.1. The van der Waals surface area contributed by atoms with Crippen LogP contribution < -0.4 is 5.73 Å². The van der Waals surface area contributed by atoms with Gasteiger partial charge in [0.2, 0.25) is 0 Å². The van der Waals surface area contributed by atoms with Crippen LogP contribution in [0.3, 0.4) is 0 Å². The topological polar surface area (TPSA) is 38.9 Å². The summed E-state index contributed by atoms with van der Waals surface area (Å²) in [6.45, 7) is 0. The van der Waals surface area contributed by atoms with Crippen LogP contribution in [0.1, 0.15) is 18.4 Å². The number of nitrogens with two attached hydrogens (primary N) is 1. The molecule has 2 nitrogen and oxygen atoms in total. The number of alkyl halides is 1. The Bertz CT molecular complexity index is 527. The van der Waals surface area contributed by atoms with E-state index in [0.29, 0.717) is 18.4 Å². The Kier molecular flexibility index (Phi) is 1.98. The number of pyridine rings is 1. The van der Waals surface area contributed by atoms with Gasteiger partial charge in [0, 0.05) is 36.0 Å². The van der Waals surface area contributed by atoms with Crippen LogP contribution in [0.25, 0.3) is 10.9 Å². The molecule has 1 aliphatic carbocycles. The van der Waals surface area contributed by atoms with Crippen LogP contribution in [0, 0.1) is 0 Å². The molecule has 1 saturated carbocycles. The van der Waals surface area contributed by atoms with Gasteiger partial charge in [-0.3, -0.25) is 4.98 Å². The van der Waals surface area contributed by atoms with E-state index in [1.807, 2.05) is 30.3 Å². The van der Waals surface area contributed by atoms with E-state index in [1.54, 1.807) is 6.20 Å². The average Bonchev–Trinajstić information content (AvgIpc) is 2.26. The Morgan fingerprint density at radius 2 is 2.00 bits per heavy atom. The van der Waals surface area contributed by atoms with Gasteiger partial charge < -0.3 is 5.73 Å². The normalized spacial score (nSPS) is 29.0. The molecule has 0 saturated heterocycles. The van der Waals surface area contributed by atoms with Gasteiger partial charge in [0.05, 0.1) is 5.52 Å². The highest BCUT2D eigenvalue weighted by Gasteiger charge is 2.45. The first-order chi connectivity index (χ1) is 7.69. The van der Waals surface area contributed by atoms with E-state index >= 15 is 0 Å². The predicted molar refractivity (Wildman–Crippen MR) is 61.7 cm³/mol. The van der Waals surface area contributed by atoms with E-state index < -0.39 is 5.67 Å². The van der Waals surface area contributed by atoms with Gasteiger partial charge in [-0.1, -0.05) is 24.3 Å². The molecule has 82 valence electrons. The molecule has 2 aromatic rings. The van der Waals surface area contributed by atoms with Crippen molar-refractivity contribution in [2.45, 2.75) is 24.6 Å². The van der Waals surface area contributed by atoms with Crippen LogP contribution in [0.5, 0.6) is 0 Å². The molecule has 1 aliphatic rings. The maximum Gasteiger partial charge on any atom is 0.141 e. The molecule has 0 aliphatic heterocycles. The van der Waals surface area contributed by atoms with Gasteiger partial charge in [0.15, 0.2) is 0 Å². The van der Waals surface area contributed by atoms with Gasteiger partial charge in [-0.25, -0.2) is 4.39 Å². The van der Waals surface area contributed by atoms with Crippen molar-refractivity contribution in [2.24, 2.45) is 5.73 Å². The van der Waals surface area contributed by atoms with Crippen LogP contribution in [0.4, 0.5) is 4.39 Å². The molecule has 0 atom stereocenters. The molecule has 1 heterocycles. The molecule has 0 amide bonds. The molecule has 2 N–H and O–H groups in total.